The van der Waals surface area contributed by atoms with Gasteiger partial charge in [0.1, 0.15) is 10.4 Å². The zero-order valence-electron chi connectivity index (χ0n) is 9.59. The maximum absolute atomic E-state index is 11.3. The first kappa shape index (κ1) is 13.0. The van der Waals surface area contributed by atoms with Crippen molar-refractivity contribution in [1.82, 2.24) is 4.98 Å². The number of hydrogen-bond acceptors (Lipinski definition) is 4. The molecule has 6 heteroatoms. The predicted octanol–water partition coefficient (Wildman–Crippen LogP) is 2.99. The summed E-state index contributed by atoms with van der Waals surface area (Å²) in [5.74, 6) is 0.691. The molecule has 0 aliphatic heterocycles. The molecule has 2 aromatic rings. The minimum absolute atomic E-state index is 0.301. The van der Waals surface area contributed by atoms with Crippen LogP contribution in [-0.2, 0) is 9.84 Å². The average molecular weight is 327 g/mol. The molecule has 0 amide bonds. The van der Waals surface area contributed by atoms with Crippen LogP contribution in [0.1, 0.15) is 0 Å². The number of aromatic nitrogens is 1. The Morgan fingerprint density at radius 1 is 1.11 bits per heavy atom. The Bertz CT molecular complexity index is 654. The normalized spacial score (nSPS) is 11.2. The van der Waals surface area contributed by atoms with Gasteiger partial charge in [-0.15, -0.1) is 0 Å². The zero-order valence-corrected chi connectivity index (χ0v) is 12.0. The molecule has 0 fully saturated rings. The molecule has 4 nitrogen and oxygen atoms in total. The van der Waals surface area contributed by atoms with E-state index in [1.165, 1.54) is 6.26 Å². The van der Waals surface area contributed by atoms with Gasteiger partial charge in [-0.25, -0.2) is 13.4 Å². The molecule has 0 spiro atoms. The zero-order chi connectivity index (χ0) is 13.2. The highest BCUT2D eigenvalue weighted by Crippen LogP contribution is 2.18. The highest BCUT2D eigenvalue weighted by atomic mass is 79.9. The minimum atomic E-state index is -3.15. The second-order valence-electron chi connectivity index (χ2n) is 3.77. The molecule has 18 heavy (non-hydrogen) atoms. The van der Waals surface area contributed by atoms with Crippen LogP contribution in [0.15, 0.2) is 52.0 Å². The van der Waals surface area contributed by atoms with Crippen LogP contribution in [0.5, 0.6) is 0 Å². The van der Waals surface area contributed by atoms with E-state index >= 15 is 0 Å². The van der Waals surface area contributed by atoms with Crippen LogP contribution in [0.25, 0.3) is 0 Å². The summed E-state index contributed by atoms with van der Waals surface area (Å²) in [6, 6.07) is 12.1. The van der Waals surface area contributed by atoms with Crippen molar-refractivity contribution >= 4 is 37.3 Å². The van der Waals surface area contributed by atoms with Crippen LogP contribution in [0.3, 0.4) is 0 Å². The lowest BCUT2D eigenvalue weighted by atomic mass is 10.3. The molecule has 0 aliphatic carbocycles. The summed E-state index contributed by atoms with van der Waals surface area (Å²) in [6.45, 7) is 0. The van der Waals surface area contributed by atoms with Gasteiger partial charge in [0, 0.05) is 11.9 Å². The second kappa shape index (κ2) is 5.07. The van der Waals surface area contributed by atoms with E-state index in [9.17, 15) is 8.42 Å². The van der Waals surface area contributed by atoms with Gasteiger partial charge >= 0.3 is 0 Å². The Hall–Kier alpha value is -1.40. The molecular formula is C12H11BrN2O2S. The molecule has 0 aliphatic rings. The Morgan fingerprint density at radius 2 is 1.78 bits per heavy atom. The fraction of sp³-hybridized carbons (Fsp3) is 0.0833. The number of halogens is 1. The fourth-order valence-electron chi connectivity index (χ4n) is 1.41. The van der Waals surface area contributed by atoms with Gasteiger partial charge in [0.05, 0.1) is 4.90 Å². The highest BCUT2D eigenvalue weighted by molar-refractivity contribution is 9.10. The van der Waals surface area contributed by atoms with E-state index in [2.05, 4.69) is 26.2 Å². The predicted molar refractivity (Wildman–Crippen MR) is 74.8 cm³/mol. The number of anilines is 2. The SMILES string of the molecule is CS(=O)(=O)c1ccc(Nc2cccc(Br)n2)cc1. The Kier molecular flexibility index (Phi) is 3.68. The van der Waals surface area contributed by atoms with E-state index in [1.54, 1.807) is 24.3 Å². The van der Waals surface area contributed by atoms with E-state index in [-0.39, 0.29) is 0 Å². The summed E-state index contributed by atoms with van der Waals surface area (Å²) >= 11 is 3.28. The van der Waals surface area contributed by atoms with Crippen molar-refractivity contribution in [2.45, 2.75) is 4.90 Å². The first-order chi connectivity index (χ1) is 8.45. The number of sulfone groups is 1. The van der Waals surface area contributed by atoms with Gasteiger partial charge < -0.3 is 5.32 Å². The van der Waals surface area contributed by atoms with Gasteiger partial charge in [0.25, 0.3) is 0 Å². The molecule has 0 saturated heterocycles. The van der Waals surface area contributed by atoms with Crippen LogP contribution in [0.4, 0.5) is 11.5 Å². The maximum atomic E-state index is 11.3. The molecule has 0 bridgehead atoms. The smallest absolute Gasteiger partial charge is 0.175 e. The fourth-order valence-corrected chi connectivity index (χ4v) is 2.39. The molecule has 94 valence electrons. The van der Waals surface area contributed by atoms with Gasteiger partial charge in [0.2, 0.25) is 0 Å². The van der Waals surface area contributed by atoms with Crippen molar-refractivity contribution < 1.29 is 8.42 Å². The second-order valence-corrected chi connectivity index (χ2v) is 6.60. The van der Waals surface area contributed by atoms with Crippen molar-refractivity contribution in [1.29, 1.82) is 0 Å². The monoisotopic (exact) mass is 326 g/mol. The van der Waals surface area contributed by atoms with Crippen molar-refractivity contribution in [3.8, 4) is 0 Å². The molecule has 0 unspecified atom stereocenters. The quantitative estimate of drug-likeness (QED) is 0.881. The molecule has 0 atom stereocenters. The van der Waals surface area contributed by atoms with E-state index in [4.69, 9.17) is 0 Å². The summed E-state index contributed by atoms with van der Waals surface area (Å²) < 4.78 is 23.4. The molecule has 2 rings (SSSR count). The molecule has 1 N–H and O–H groups in total. The van der Waals surface area contributed by atoms with Crippen LogP contribution in [0, 0.1) is 0 Å². The standard InChI is InChI=1S/C12H11BrN2O2S/c1-18(16,17)10-7-5-9(6-8-10)14-12-4-2-3-11(13)15-12/h2-8H,1H3,(H,14,15). The molecule has 1 aromatic heterocycles. The van der Waals surface area contributed by atoms with E-state index in [1.807, 2.05) is 18.2 Å². The number of hydrogen-bond donors (Lipinski definition) is 1. The first-order valence-electron chi connectivity index (χ1n) is 5.15. The van der Waals surface area contributed by atoms with Gasteiger partial charge in [-0.2, -0.15) is 0 Å². The average Bonchev–Trinajstić information content (AvgIpc) is 2.28. The van der Waals surface area contributed by atoms with Gasteiger partial charge in [-0.05, 0) is 52.3 Å². The first-order valence-corrected chi connectivity index (χ1v) is 7.83. The van der Waals surface area contributed by atoms with Crippen molar-refractivity contribution in [2.24, 2.45) is 0 Å². The summed E-state index contributed by atoms with van der Waals surface area (Å²) in [5, 5.41) is 3.09. The Balaban J connectivity index is 2.21. The third-order valence-corrected chi connectivity index (χ3v) is 3.84. The Morgan fingerprint density at radius 3 is 2.33 bits per heavy atom. The van der Waals surface area contributed by atoms with Crippen molar-refractivity contribution in [3.63, 3.8) is 0 Å². The maximum Gasteiger partial charge on any atom is 0.175 e. The Labute approximate surface area is 114 Å². The lowest BCUT2D eigenvalue weighted by molar-refractivity contribution is 0.602. The number of nitrogens with zero attached hydrogens (tertiary/aromatic N) is 1. The molecule has 1 heterocycles. The number of nitrogens with one attached hydrogen (secondary N) is 1. The van der Waals surface area contributed by atoms with Gasteiger partial charge in [0.15, 0.2) is 9.84 Å². The number of rotatable bonds is 3. The number of pyridine rings is 1. The van der Waals surface area contributed by atoms with Crippen LogP contribution < -0.4 is 5.32 Å². The van der Waals surface area contributed by atoms with Crippen LogP contribution in [-0.4, -0.2) is 19.7 Å². The molecule has 1 aromatic carbocycles. The molecule has 0 radical (unpaired) electrons. The molecular weight excluding hydrogens is 316 g/mol. The lowest BCUT2D eigenvalue weighted by Gasteiger charge is -2.06. The largest absolute Gasteiger partial charge is 0.340 e. The van der Waals surface area contributed by atoms with Crippen molar-refractivity contribution in [2.75, 3.05) is 11.6 Å². The summed E-state index contributed by atoms with van der Waals surface area (Å²) in [5.41, 5.74) is 0.785. The summed E-state index contributed by atoms with van der Waals surface area (Å²) in [6.07, 6.45) is 1.19. The number of benzene rings is 1. The molecule has 0 saturated carbocycles. The summed E-state index contributed by atoms with van der Waals surface area (Å²) in [4.78, 5) is 4.53. The topological polar surface area (TPSA) is 59.1 Å². The lowest BCUT2D eigenvalue weighted by Crippen LogP contribution is -1.98. The van der Waals surface area contributed by atoms with E-state index in [0.717, 1.165) is 10.3 Å². The minimum Gasteiger partial charge on any atom is -0.340 e. The van der Waals surface area contributed by atoms with Crippen molar-refractivity contribution in [3.05, 3.63) is 47.1 Å². The van der Waals surface area contributed by atoms with Gasteiger partial charge in [-0.1, -0.05) is 6.07 Å². The van der Waals surface area contributed by atoms with Crippen LogP contribution >= 0.6 is 15.9 Å². The van der Waals surface area contributed by atoms with E-state index < -0.39 is 9.84 Å². The third-order valence-electron chi connectivity index (χ3n) is 2.27. The summed E-state index contributed by atoms with van der Waals surface area (Å²) in [7, 11) is -3.15. The van der Waals surface area contributed by atoms with Gasteiger partial charge in [-0.3, -0.25) is 0 Å². The van der Waals surface area contributed by atoms with Crippen LogP contribution in [0.2, 0.25) is 0 Å². The highest BCUT2D eigenvalue weighted by Gasteiger charge is 2.06. The third kappa shape index (κ3) is 3.30. The van der Waals surface area contributed by atoms with E-state index in [0.29, 0.717) is 10.7 Å².